The van der Waals surface area contributed by atoms with E-state index in [2.05, 4.69) is 0 Å². The van der Waals surface area contributed by atoms with Crippen LogP contribution in [0.2, 0.25) is 0 Å². The lowest BCUT2D eigenvalue weighted by molar-refractivity contribution is -0.135. The molecule has 3 heteroatoms. The van der Waals surface area contributed by atoms with Gasteiger partial charge in [-0.05, 0) is 43.2 Å². The van der Waals surface area contributed by atoms with E-state index in [0.717, 1.165) is 29.7 Å². The molecule has 0 spiro atoms. The van der Waals surface area contributed by atoms with Gasteiger partial charge in [0.05, 0.1) is 0 Å². The largest absolute Gasteiger partial charge is 0.298 e. The highest BCUT2D eigenvalue weighted by Crippen LogP contribution is 2.44. The van der Waals surface area contributed by atoms with Crippen LogP contribution in [-0.2, 0) is 9.59 Å². The van der Waals surface area contributed by atoms with E-state index in [1.807, 2.05) is 18.4 Å². The van der Waals surface area contributed by atoms with Crippen LogP contribution in [0.5, 0.6) is 0 Å². The molecule has 2 saturated carbocycles. The third kappa shape index (κ3) is 1.31. The van der Waals surface area contributed by atoms with Crippen LogP contribution in [0, 0.1) is 18.8 Å². The summed E-state index contributed by atoms with van der Waals surface area (Å²) in [6, 6.07) is 1.95. The zero-order valence-corrected chi connectivity index (χ0v) is 10.0. The molecule has 1 heterocycles. The lowest BCUT2D eigenvalue weighted by atomic mass is 9.75. The summed E-state index contributed by atoms with van der Waals surface area (Å²) in [6.07, 6.45) is 2.67. The van der Waals surface area contributed by atoms with E-state index in [9.17, 15) is 9.59 Å². The lowest BCUT2D eigenvalue weighted by Gasteiger charge is -2.25. The minimum atomic E-state index is -0.433. The molecular formula is C13H14O2S. The van der Waals surface area contributed by atoms with Crippen LogP contribution < -0.4 is 0 Å². The van der Waals surface area contributed by atoms with E-state index < -0.39 is 5.92 Å². The number of ketones is 2. The second-order valence-corrected chi connectivity index (χ2v) is 6.00. The zero-order valence-electron chi connectivity index (χ0n) is 9.23. The number of aryl methyl sites for hydroxylation is 1. The van der Waals surface area contributed by atoms with Crippen molar-refractivity contribution in [1.82, 2.24) is 0 Å². The summed E-state index contributed by atoms with van der Waals surface area (Å²) in [7, 11) is 0. The van der Waals surface area contributed by atoms with E-state index >= 15 is 0 Å². The third-order valence-corrected chi connectivity index (χ3v) is 4.88. The minimum Gasteiger partial charge on any atom is -0.298 e. The van der Waals surface area contributed by atoms with Gasteiger partial charge in [-0.3, -0.25) is 9.59 Å². The quantitative estimate of drug-likeness (QED) is 0.700. The average Bonchev–Trinajstić information content (AvgIpc) is 2.85. The Bertz CT molecular complexity index is 438. The molecule has 0 saturated heterocycles. The van der Waals surface area contributed by atoms with Crippen molar-refractivity contribution in [1.29, 1.82) is 0 Å². The monoisotopic (exact) mass is 234 g/mol. The van der Waals surface area contributed by atoms with Crippen LogP contribution in [0.3, 0.4) is 0 Å². The molecule has 2 aliphatic carbocycles. The predicted molar refractivity (Wildman–Crippen MR) is 62.6 cm³/mol. The van der Waals surface area contributed by atoms with Gasteiger partial charge in [0.1, 0.15) is 5.92 Å². The molecule has 0 N–H and O–H groups in total. The van der Waals surface area contributed by atoms with Gasteiger partial charge in [0.25, 0.3) is 0 Å². The Hall–Kier alpha value is -0.960. The summed E-state index contributed by atoms with van der Waals surface area (Å²) in [5, 5.41) is 1.97. The molecule has 2 fully saturated rings. The first-order chi connectivity index (χ1) is 7.68. The number of carbonyl (C=O) groups is 2. The van der Waals surface area contributed by atoms with Crippen LogP contribution in [0.15, 0.2) is 11.4 Å². The van der Waals surface area contributed by atoms with Gasteiger partial charge in [-0.2, -0.15) is 0 Å². The molecule has 2 bridgehead atoms. The number of rotatable bonds is 1. The lowest BCUT2D eigenvalue weighted by Crippen LogP contribution is -2.34. The van der Waals surface area contributed by atoms with E-state index in [0.29, 0.717) is 0 Å². The molecule has 0 aliphatic heterocycles. The van der Waals surface area contributed by atoms with Gasteiger partial charge < -0.3 is 0 Å². The summed E-state index contributed by atoms with van der Waals surface area (Å²) in [5.74, 6) is 0.247. The van der Waals surface area contributed by atoms with E-state index in [1.54, 1.807) is 11.3 Å². The number of Topliss-reactive ketones (excluding diaryl/α,β-unsaturated/α-hetero) is 2. The van der Waals surface area contributed by atoms with Gasteiger partial charge in [0, 0.05) is 16.7 Å². The van der Waals surface area contributed by atoms with Crippen molar-refractivity contribution in [2.24, 2.45) is 11.8 Å². The molecule has 1 aromatic heterocycles. The second kappa shape index (κ2) is 3.52. The third-order valence-electron chi connectivity index (χ3n) is 4.02. The number of hydrogen-bond donors (Lipinski definition) is 0. The van der Waals surface area contributed by atoms with Crippen molar-refractivity contribution in [2.75, 3.05) is 0 Å². The fourth-order valence-electron chi connectivity index (χ4n) is 3.11. The molecule has 16 heavy (non-hydrogen) atoms. The number of fused-ring (bicyclic) bond motifs is 2. The van der Waals surface area contributed by atoms with Gasteiger partial charge in [-0.15, -0.1) is 11.3 Å². The summed E-state index contributed by atoms with van der Waals surface area (Å²) < 4.78 is 0. The molecule has 2 atom stereocenters. The maximum absolute atomic E-state index is 12.2. The first-order valence-corrected chi connectivity index (χ1v) is 6.68. The summed E-state index contributed by atoms with van der Waals surface area (Å²) >= 11 is 1.62. The van der Waals surface area contributed by atoms with Crippen molar-refractivity contribution < 1.29 is 9.59 Å². The van der Waals surface area contributed by atoms with Gasteiger partial charge in [0.2, 0.25) is 0 Å². The summed E-state index contributed by atoms with van der Waals surface area (Å²) in [5.41, 5.74) is 0.969. The van der Waals surface area contributed by atoms with Crippen LogP contribution in [0.25, 0.3) is 0 Å². The van der Waals surface area contributed by atoms with Crippen molar-refractivity contribution in [2.45, 2.75) is 32.1 Å². The van der Waals surface area contributed by atoms with Gasteiger partial charge in [0.15, 0.2) is 11.6 Å². The summed E-state index contributed by atoms with van der Waals surface area (Å²) in [4.78, 5) is 25.6. The highest BCUT2D eigenvalue weighted by Gasteiger charge is 2.47. The molecule has 0 aromatic carbocycles. The van der Waals surface area contributed by atoms with Gasteiger partial charge >= 0.3 is 0 Å². The number of thiophene rings is 1. The van der Waals surface area contributed by atoms with Crippen molar-refractivity contribution in [3.8, 4) is 0 Å². The van der Waals surface area contributed by atoms with E-state index in [4.69, 9.17) is 0 Å². The highest BCUT2D eigenvalue weighted by atomic mass is 32.1. The Morgan fingerprint density at radius 3 is 2.31 bits per heavy atom. The van der Waals surface area contributed by atoms with Crippen molar-refractivity contribution in [3.05, 3.63) is 21.9 Å². The standard InChI is InChI=1S/C13H14O2S/c1-7-10(4-5-16-7)11-12(14)8-2-3-9(6-8)13(11)15/h4-5,8-9,11H,2-3,6H2,1H3. The maximum atomic E-state index is 12.2. The zero-order chi connectivity index (χ0) is 11.3. The molecule has 2 aliphatic rings. The molecule has 1 aromatic rings. The fourth-order valence-corrected chi connectivity index (χ4v) is 3.85. The van der Waals surface area contributed by atoms with Crippen molar-refractivity contribution in [3.63, 3.8) is 0 Å². The second-order valence-electron chi connectivity index (χ2n) is 4.88. The molecule has 3 rings (SSSR count). The topological polar surface area (TPSA) is 34.1 Å². The Morgan fingerprint density at radius 2 is 1.81 bits per heavy atom. The predicted octanol–water partition coefficient (Wildman–Crippen LogP) is 2.71. The first kappa shape index (κ1) is 10.2. The molecule has 84 valence electrons. The molecule has 0 amide bonds. The molecule has 2 nitrogen and oxygen atoms in total. The van der Waals surface area contributed by atoms with Crippen LogP contribution in [0.1, 0.15) is 35.6 Å². The van der Waals surface area contributed by atoms with E-state index in [1.165, 1.54) is 0 Å². The highest BCUT2D eigenvalue weighted by molar-refractivity contribution is 7.10. The Labute approximate surface area is 98.7 Å². The van der Waals surface area contributed by atoms with E-state index in [-0.39, 0.29) is 23.4 Å². The normalized spacial score (nSPS) is 33.4. The van der Waals surface area contributed by atoms with Crippen molar-refractivity contribution >= 4 is 22.9 Å². The Morgan fingerprint density at radius 1 is 1.19 bits per heavy atom. The number of hydrogen-bond acceptors (Lipinski definition) is 3. The molecule has 0 radical (unpaired) electrons. The smallest absolute Gasteiger partial charge is 0.150 e. The molecule has 2 unspecified atom stereocenters. The Kier molecular flexibility index (Phi) is 2.25. The minimum absolute atomic E-state index is 0.159. The fraction of sp³-hybridized carbons (Fsp3) is 0.538. The SMILES string of the molecule is Cc1sccc1C1C(=O)C2CCC(C2)C1=O. The summed E-state index contributed by atoms with van der Waals surface area (Å²) in [6.45, 7) is 2.00. The van der Waals surface area contributed by atoms with Crippen LogP contribution in [0.4, 0.5) is 0 Å². The van der Waals surface area contributed by atoms with Gasteiger partial charge in [-0.1, -0.05) is 0 Å². The van der Waals surface area contributed by atoms with Crippen LogP contribution >= 0.6 is 11.3 Å². The first-order valence-electron chi connectivity index (χ1n) is 5.80. The van der Waals surface area contributed by atoms with Gasteiger partial charge in [-0.25, -0.2) is 0 Å². The van der Waals surface area contributed by atoms with Crippen LogP contribution in [-0.4, -0.2) is 11.6 Å². The Balaban J connectivity index is 2.04. The molecular weight excluding hydrogens is 220 g/mol. The average molecular weight is 234 g/mol. The number of carbonyl (C=O) groups excluding carboxylic acids is 2. The maximum Gasteiger partial charge on any atom is 0.150 e.